The van der Waals surface area contributed by atoms with Gasteiger partial charge in [0, 0.05) is 7.11 Å². The third kappa shape index (κ3) is 2.12. The van der Waals surface area contributed by atoms with Gasteiger partial charge in [-0.25, -0.2) is 8.42 Å². The van der Waals surface area contributed by atoms with Gasteiger partial charge in [0.1, 0.15) is 0 Å². The molecule has 0 N–H and O–H groups in total. The van der Waals surface area contributed by atoms with E-state index in [4.69, 9.17) is 0 Å². The number of hydrogen-bond acceptors (Lipinski definition) is 3. The summed E-state index contributed by atoms with van der Waals surface area (Å²) >= 11 is 0. The first kappa shape index (κ1) is 9.66. The number of hydrogen-bond donors (Lipinski definition) is 0. The number of sulfonamides is 1. The molecule has 10 heavy (non-hydrogen) atoms. The molecule has 0 aliphatic carbocycles. The first-order valence-electron chi connectivity index (χ1n) is 1.88. The van der Waals surface area contributed by atoms with E-state index in [-0.39, 0.29) is 0 Å². The van der Waals surface area contributed by atoms with Crippen molar-refractivity contribution in [1.82, 2.24) is 0 Å². The molecule has 0 aliphatic heterocycles. The van der Waals surface area contributed by atoms with Gasteiger partial charge in [0.25, 0.3) is 0 Å². The Morgan fingerprint density at radius 2 is 1.80 bits per heavy atom. The quantitative estimate of drug-likeness (QED) is 0.587. The lowest BCUT2D eigenvalue weighted by atomic mass is 11.6. The third-order valence-corrected chi connectivity index (χ3v) is 1.40. The van der Waals surface area contributed by atoms with Crippen molar-refractivity contribution in [2.75, 3.05) is 7.11 Å². The van der Waals surface area contributed by atoms with Gasteiger partial charge in [-0.3, -0.25) is 0 Å². The van der Waals surface area contributed by atoms with Gasteiger partial charge in [0.2, 0.25) is 0 Å². The van der Waals surface area contributed by atoms with Crippen molar-refractivity contribution in [3.05, 3.63) is 4.89 Å². The monoisotopic (exact) mass is 178 g/mol. The highest BCUT2D eigenvalue weighted by atomic mass is 32.2. The maximum absolute atomic E-state index is 11.3. The van der Waals surface area contributed by atoms with Crippen LogP contribution in [0.25, 0.3) is 4.89 Å². The summed E-state index contributed by atoms with van der Waals surface area (Å²) in [6, 6.07) is 0. The van der Waals surface area contributed by atoms with Crippen LogP contribution in [0.5, 0.6) is 0 Å². The lowest BCUT2D eigenvalue weighted by Gasteiger charge is -2.19. The molecule has 0 unspecified atom stereocenters. The topological polar surface area (TPSA) is 57.5 Å². The van der Waals surface area contributed by atoms with Gasteiger partial charge in [-0.05, 0) is 0 Å². The van der Waals surface area contributed by atoms with E-state index < -0.39 is 15.5 Å². The van der Waals surface area contributed by atoms with Crippen molar-refractivity contribution >= 4 is 10.0 Å². The maximum atomic E-state index is 11.3. The first-order valence-corrected chi connectivity index (χ1v) is 3.32. The molecule has 0 spiro atoms. The van der Waals surface area contributed by atoms with E-state index in [1.54, 1.807) is 0 Å². The Bertz CT molecular complexity index is 194. The van der Waals surface area contributed by atoms with Crippen LogP contribution in [0.1, 0.15) is 0 Å². The van der Waals surface area contributed by atoms with Crippen molar-refractivity contribution in [3.8, 4) is 0 Å². The van der Waals surface area contributed by atoms with Gasteiger partial charge in [-0.15, -0.1) is 0 Å². The highest BCUT2D eigenvalue weighted by Crippen LogP contribution is 2.27. The second kappa shape index (κ2) is 2.72. The van der Waals surface area contributed by atoms with Gasteiger partial charge < -0.3 is 9.72 Å². The second-order valence-corrected chi connectivity index (χ2v) is 2.74. The predicted octanol–water partition coefficient (Wildman–Crippen LogP) is 0.771. The Morgan fingerprint density at radius 3 is 1.90 bits per heavy atom. The Hall–Kier alpha value is -0.340. The zero-order chi connectivity index (χ0) is 8.41. The van der Waals surface area contributed by atoms with E-state index in [1.165, 1.54) is 0 Å². The molecule has 0 saturated carbocycles. The zero-order valence-corrected chi connectivity index (χ0v) is 5.53. The van der Waals surface area contributed by atoms with E-state index in [2.05, 4.69) is 4.84 Å². The van der Waals surface area contributed by atoms with Crippen LogP contribution >= 0.6 is 0 Å². The first-order chi connectivity index (χ1) is 4.31. The fourth-order valence-electron chi connectivity index (χ4n) is 0.140. The van der Waals surface area contributed by atoms with E-state index in [9.17, 15) is 21.6 Å². The van der Waals surface area contributed by atoms with Crippen LogP contribution in [0.2, 0.25) is 0 Å². The minimum Gasteiger partial charge on any atom is -0.474 e. The molecule has 0 heterocycles. The molecule has 0 amide bonds. The SMILES string of the molecule is CO[N-]S(=O)(=O)C(F)(F)F. The summed E-state index contributed by atoms with van der Waals surface area (Å²) in [5.74, 6) is 0. The van der Waals surface area contributed by atoms with Gasteiger partial charge in [0.05, 0.1) is 0 Å². The summed E-state index contributed by atoms with van der Waals surface area (Å²) in [4.78, 5) is 5.33. The van der Waals surface area contributed by atoms with Crippen molar-refractivity contribution in [3.63, 3.8) is 0 Å². The van der Waals surface area contributed by atoms with E-state index in [1.807, 2.05) is 4.89 Å². The number of alkyl halides is 3. The zero-order valence-electron chi connectivity index (χ0n) is 4.71. The minimum absolute atomic E-state index is 0.712. The minimum atomic E-state index is -5.45. The largest absolute Gasteiger partial charge is 0.481 e. The van der Waals surface area contributed by atoms with Crippen LogP contribution in [0, 0.1) is 0 Å². The molecule has 0 bridgehead atoms. The van der Waals surface area contributed by atoms with Crippen LogP contribution in [0.4, 0.5) is 13.2 Å². The van der Waals surface area contributed by atoms with Gasteiger partial charge in [-0.2, -0.15) is 13.2 Å². The summed E-state index contributed by atoms with van der Waals surface area (Å²) < 4.78 is 53.4. The number of halogens is 3. The second-order valence-electron chi connectivity index (χ2n) is 1.18. The summed E-state index contributed by atoms with van der Waals surface area (Å²) in [6.07, 6.45) is 0. The lowest BCUT2D eigenvalue weighted by molar-refractivity contribution is -0.0439. The molecule has 0 aromatic rings. The predicted molar refractivity (Wildman–Crippen MR) is 25.3 cm³/mol. The number of rotatable bonds is 2. The number of nitrogens with zero attached hydrogens (tertiary/aromatic N) is 1. The maximum Gasteiger partial charge on any atom is 0.481 e. The van der Waals surface area contributed by atoms with Crippen LogP contribution in [0.3, 0.4) is 0 Å². The average molecular weight is 178 g/mol. The summed E-state index contributed by atoms with van der Waals surface area (Å²) in [5.41, 5.74) is -5.37. The molecule has 0 radical (unpaired) electrons. The van der Waals surface area contributed by atoms with Crippen LogP contribution < -0.4 is 0 Å². The smallest absolute Gasteiger partial charge is 0.474 e. The summed E-state index contributed by atoms with van der Waals surface area (Å²) in [5, 5.41) is 0. The molecule has 0 aromatic carbocycles. The summed E-state index contributed by atoms with van der Waals surface area (Å²) in [7, 11) is -4.73. The van der Waals surface area contributed by atoms with E-state index in [0.717, 1.165) is 0 Å². The van der Waals surface area contributed by atoms with Crippen molar-refractivity contribution in [2.24, 2.45) is 0 Å². The van der Waals surface area contributed by atoms with Gasteiger partial charge >= 0.3 is 5.51 Å². The molecular formula is C2H3F3NO3S-. The standard InChI is InChI=1S/C2H3F3NO3S/c1-9-6-10(7,8)2(3,4)5/h1H3/q-1. The molecular weight excluding hydrogens is 175 g/mol. The molecule has 62 valence electrons. The van der Waals surface area contributed by atoms with Gasteiger partial charge in [0.15, 0.2) is 10.0 Å². The third-order valence-electron chi connectivity index (χ3n) is 0.465. The Labute approximate surface area is 55.0 Å². The van der Waals surface area contributed by atoms with Gasteiger partial charge in [-0.1, -0.05) is 0 Å². The molecule has 0 aliphatic rings. The summed E-state index contributed by atoms with van der Waals surface area (Å²) in [6.45, 7) is 0. The van der Waals surface area contributed by atoms with Crippen LogP contribution in [0.15, 0.2) is 0 Å². The van der Waals surface area contributed by atoms with Crippen molar-refractivity contribution < 1.29 is 26.4 Å². The Kier molecular flexibility index (Phi) is 2.63. The average Bonchev–Trinajstić information content (AvgIpc) is 1.61. The normalized spacial score (nSPS) is 13.6. The fraction of sp³-hybridized carbons (Fsp3) is 1.00. The molecule has 0 saturated heterocycles. The Morgan fingerprint density at radius 1 is 1.40 bits per heavy atom. The van der Waals surface area contributed by atoms with Crippen molar-refractivity contribution in [1.29, 1.82) is 0 Å². The van der Waals surface area contributed by atoms with Crippen molar-refractivity contribution in [2.45, 2.75) is 5.51 Å². The Balaban J connectivity index is 4.44. The lowest BCUT2D eigenvalue weighted by Crippen LogP contribution is -2.21. The van der Waals surface area contributed by atoms with Crippen LogP contribution in [-0.4, -0.2) is 21.0 Å². The highest BCUT2D eigenvalue weighted by Gasteiger charge is 2.38. The molecule has 4 nitrogen and oxygen atoms in total. The van der Waals surface area contributed by atoms with E-state index in [0.29, 0.717) is 7.11 Å². The highest BCUT2D eigenvalue weighted by molar-refractivity contribution is 7.94. The fourth-order valence-corrected chi connectivity index (χ4v) is 0.421. The molecule has 0 atom stereocenters. The van der Waals surface area contributed by atoms with Crippen LogP contribution in [-0.2, 0) is 14.9 Å². The van der Waals surface area contributed by atoms with E-state index >= 15 is 0 Å². The molecule has 8 heteroatoms. The molecule has 0 rings (SSSR count). The molecule has 0 fully saturated rings. The molecule has 0 aromatic heterocycles.